The molecule has 1 aliphatic rings. The van der Waals surface area contributed by atoms with Crippen molar-refractivity contribution in [1.29, 1.82) is 0 Å². The van der Waals surface area contributed by atoms with Crippen LogP contribution >= 0.6 is 0 Å². The lowest BCUT2D eigenvalue weighted by atomic mass is 10.1. The second kappa shape index (κ2) is 6.26. The minimum atomic E-state index is -1.09. The third-order valence-electron chi connectivity index (χ3n) is 4.26. The van der Waals surface area contributed by atoms with E-state index in [9.17, 15) is 19.5 Å². The number of carboxylic acid groups (broad SMARTS) is 2. The number of aryl methyl sites for hydroxylation is 1. The number of amides is 2. The summed E-state index contributed by atoms with van der Waals surface area (Å²) in [5.41, 5.74) is 1.10. The Morgan fingerprint density at radius 2 is 1.92 bits per heavy atom. The van der Waals surface area contributed by atoms with Crippen LogP contribution in [0.25, 0.3) is 11.1 Å². The van der Waals surface area contributed by atoms with Gasteiger partial charge in [0.25, 0.3) is 0 Å². The van der Waals surface area contributed by atoms with Gasteiger partial charge in [-0.1, -0.05) is 12.1 Å². The minimum Gasteiger partial charge on any atom is -0.465 e. The van der Waals surface area contributed by atoms with Crippen molar-refractivity contribution in [2.45, 2.75) is 19.0 Å². The fourth-order valence-electron chi connectivity index (χ4n) is 3.03. The lowest BCUT2D eigenvalue weighted by Gasteiger charge is -2.38. The molecule has 9 heteroatoms. The van der Waals surface area contributed by atoms with E-state index in [-0.39, 0.29) is 26.2 Å². The van der Waals surface area contributed by atoms with Crippen molar-refractivity contribution in [3.05, 3.63) is 34.8 Å². The molecule has 1 aliphatic heterocycles. The van der Waals surface area contributed by atoms with Crippen molar-refractivity contribution in [2.24, 2.45) is 0 Å². The van der Waals surface area contributed by atoms with Gasteiger partial charge in [-0.15, -0.1) is 0 Å². The van der Waals surface area contributed by atoms with Gasteiger partial charge in [0.05, 0.1) is 11.6 Å². The zero-order chi connectivity index (χ0) is 17.3. The molecule has 2 aromatic rings. The molecule has 3 rings (SSSR count). The van der Waals surface area contributed by atoms with E-state index in [2.05, 4.69) is 0 Å². The van der Waals surface area contributed by atoms with E-state index in [1.54, 1.807) is 24.3 Å². The summed E-state index contributed by atoms with van der Waals surface area (Å²) < 4.78 is 6.59. The van der Waals surface area contributed by atoms with Crippen molar-refractivity contribution in [2.75, 3.05) is 19.6 Å². The van der Waals surface area contributed by atoms with Crippen LogP contribution in [-0.4, -0.2) is 62.4 Å². The molecule has 1 saturated heterocycles. The van der Waals surface area contributed by atoms with E-state index in [4.69, 9.17) is 9.52 Å². The monoisotopic (exact) mass is 335 g/mol. The molecule has 2 N–H and O–H groups in total. The van der Waals surface area contributed by atoms with Crippen LogP contribution in [0.1, 0.15) is 6.42 Å². The predicted molar refractivity (Wildman–Crippen MR) is 83.2 cm³/mol. The molecule has 0 bridgehead atoms. The molecule has 0 saturated carbocycles. The Morgan fingerprint density at radius 1 is 1.17 bits per heavy atom. The normalized spacial score (nSPS) is 18.1. The Hall–Kier alpha value is -2.97. The van der Waals surface area contributed by atoms with Crippen molar-refractivity contribution in [3.8, 4) is 0 Å². The molecule has 0 spiro atoms. The van der Waals surface area contributed by atoms with Crippen LogP contribution in [0.5, 0.6) is 0 Å². The summed E-state index contributed by atoms with van der Waals surface area (Å²) in [5.74, 6) is -0.510. The van der Waals surface area contributed by atoms with Crippen LogP contribution in [0.4, 0.5) is 9.59 Å². The maximum Gasteiger partial charge on any atom is 0.419 e. The summed E-state index contributed by atoms with van der Waals surface area (Å²) in [5, 5.41) is 18.4. The Morgan fingerprint density at radius 3 is 2.62 bits per heavy atom. The molecule has 128 valence electrons. The number of para-hydroxylation sites is 2. The van der Waals surface area contributed by atoms with Crippen molar-refractivity contribution >= 4 is 23.3 Å². The van der Waals surface area contributed by atoms with Crippen LogP contribution in [-0.2, 0) is 6.54 Å². The second-order valence-corrected chi connectivity index (χ2v) is 5.63. The molecule has 1 fully saturated rings. The number of nitrogens with zero attached hydrogens (tertiary/aromatic N) is 3. The summed E-state index contributed by atoms with van der Waals surface area (Å²) in [6.07, 6.45) is -1.84. The van der Waals surface area contributed by atoms with Gasteiger partial charge in [0.2, 0.25) is 0 Å². The Kier molecular flexibility index (Phi) is 4.15. The zero-order valence-corrected chi connectivity index (χ0v) is 12.8. The largest absolute Gasteiger partial charge is 0.465 e. The SMILES string of the molecule is O=C(O)N1CCN(C(=O)O)[C@H](CCn2c(=O)oc3ccccc32)C1. The van der Waals surface area contributed by atoms with Crippen LogP contribution in [0, 0.1) is 0 Å². The van der Waals surface area contributed by atoms with Gasteiger partial charge >= 0.3 is 17.9 Å². The molecule has 9 nitrogen and oxygen atoms in total. The third-order valence-corrected chi connectivity index (χ3v) is 4.26. The number of fused-ring (bicyclic) bond motifs is 1. The van der Waals surface area contributed by atoms with E-state index >= 15 is 0 Å². The number of piperazine rings is 1. The van der Waals surface area contributed by atoms with Gasteiger partial charge in [-0.2, -0.15) is 0 Å². The van der Waals surface area contributed by atoms with Gasteiger partial charge in [0, 0.05) is 26.2 Å². The Balaban J connectivity index is 1.79. The number of aromatic nitrogens is 1. The second-order valence-electron chi connectivity index (χ2n) is 5.63. The van der Waals surface area contributed by atoms with Gasteiger partial charge < -0.3 is 24.4 Å². The zero-order valence-electron chi connectivity index (χ0n) is 12.8. The smallest absolute Gasteiger partial charge is 0.419 e. The molecule has 24 heavy (non-hydrogen) atoms. The highest BCUT2D eigenvalue weighted by Crippen LogP contribution is 2.17. The highest BCUT2D eigenvalue weighted by atomic mass is 16.4. The Bertz CT molecular complexity index is 826. The third kappa shape index (κ3) is 2.92. The van der Waals surface area contributed by atoms with E-state index in [1.165, 1.54) is 14.4 Å². The average Bonchev–Trinajstić information content (AvgIpc) is 2.87. The lowest BCUT2D eigenvalue weighted by molar-refractivity contribution is 0.0596. The minimum absolute atomic E-state index is 0.0895. The van der Waals surface area contributed by atoms with Crippen molar-refractivity contribution < 1.29 is 24.2 Å². The molecule has 1 aromatic carbocycles. The van der Waals surface area contributed by atoms with Crippen LogP contribution in [0.15, 0.2) is 33.5 Å². The standard InChI is InChI=1S/C15H17N3O6/c19-13(20)16-7-8-17(14(21)22)10(9-16)5-6-18-11-3-1-2-4-12(11)24-15(18)23/h1-4,10H,5-9H2,(H,19,20)(H,21,22)/t10-/m1/s1. The van der Waals surface area contributed by atoms with Crippen LogP contribution in [0.2, 0.25) is 0 Å². The molecule has 2 amide bonds. The Labute approximate surface area is 136 Å². The first-order chi connectivity index (χ1) is 11.5. The molecule has 2 heterocycles. The quantitative estimate of drug-likeness (QED) is 0.874. The summed E-state index contributed by atoms with van der Waals surface area (Å²) >= 11 is 0. The molecule has 0 aliphatic carbocycles. The maximum absolute atomic E-state index is 12.0. The summed E-state index contributed by atoms with van der Waals surface area (Å²) in [6.45, 7) is 0.601. The highest BCUT2D eigenvalue weighted by molar-refractivity contribution is 5.72. The first kappa shape index (κ1) is 15.9. The molecule has 1 aromatic heterocycles. The summed E-state index contributed by atoms with van der Waals surface area (Å²) in [6, 6.07) is 6.47. The maximum atomic E-state index is 12.0. The van der Waals surface area contributed by atoms with Crippen LogP contribution < -0.4 is 5.76 Å². The number of hydrogen-bond donors (Lipinski definition) is 2. The van der Waals surface area contributed by atoms with Gasteiger partial charge in [0.15, 0.2) is 5.58 Å². The molecular formula is C15H17N3O6. The topological polar surface area (TPSA) is 116 Å². The summed E-state index contributed by atoms with van der Waals surface area (Å²) in [7, 11) is 0. The van der Waals surface area contributed by atoms with E-state index in [0.29, 0.717) is 17.5 Å². The average molecular weight is 335 g/mol. The van der Waals surface area contributed by atoms with Gasteiger partial charge in [-0.05, 0) is 18.6 Å². The van der Waals surface area contributed by atoms with Gasteiger partial charge in [-0.3, -0.25) is 4.57 Å². The molecule has 0 unspecified atom stereocenters. The number of oxazole rings is 1. The predicted octanol–water partition coefficient (Wildman–Crippen LogP) is 1.33. The fraction of sp³-hybridized carbons (Fsp3) is 0.400. The van der Waals surface area contributed by atoms with Gasteiger partial charge in [0.1, 0.15) is 0 Å². The number of hydrogen-bond acceptors (Lipinski definition) is 4. The van der Waals surface area contributed by atoms with E-state index in [0.717, 1.165) is 0 Å². The number of rotatable bonds is 3. The van der Waals surface area contributed by atoms with E-state index < -0.39 is 24.0 Å². The number of benzene rings is 1. The lowest BCUT2D eigenvalue weighted by Crippen LogP contribution is -2.56. The van der Waals surface area contributed by atoms with E-state index in [1.807, 2.05) is 0 Å². The van der Waals surface area contributed by atoms with Crippen molar-refractivity contribution in [3.63, 3.8) is 0 Å². The summed E-state index contributed by atoms with van der Waals surface area (Å²) in [4.78, 5) is 36.9. The first-order valence-electron chi connectivity index (χ1n) is 7.53. The fourth-order valence-corrected chi connectivity index (χ4v) is 3.03. The van der Waals surface area contributed by atoms with Gasteiger partial charge in [-0.25, -0.2) is 14.4 Å². The van der Waals surface area contributed by atoms with Crippen molar-refractivity contribution in [1.82, 2.24) is 14.4 Å². The first-order valence-corrected chi connectivity index (χ1v) is 7.53. The number of carbonyl (C=O) groups is 2. The molecule has 1 atom stereocenters. The molecule has 0 radical (unpaired) electrons. The highest BCUT2D eigenvalue weighted by Gasteiger charge is 2.32. The van der Waals surface area contributed by atoms with Crippen LogP contribution in [0.3, 0.4) is 0 Å². The molecular weight excluding hydrogens is 318 g/mol.